The number of halogens is 1. The monoisotopic (exact) mass is 496 g/mol. The Kier molecular flexibility index (Phi) is 9.47. The molecule has 1 atom stereocenters. The predicted octanol–water partition coefficient (Wildman–Crippen LogP) is 10.1. The molecule has 0 aromatic heterocycles. The first-order valence-corrected chi connectivity index (χ1v) is 16.0. The first kappa shape index (κ1) is 26.7. The fourth-order valence-electron chi connectivity index (χ4n) is 8.43. The number of hydrogen-bond acceptors (Lipinski definition) is 1. The Morgan fingerprint density at radius 2 is 1.17 bits per heavy atom. The molecule has 0 bridgehead atoms. The molecule has 1 saturated heterocycles. The van der Waals surface area contributed by atoms with E-state index in [-0.39, 0.29) is 11.9 Å². The zero-order valence-corrected chi connectivity index (χ0v) is 23.4. The van der Waals surface area contributed by atoms with Crippen molar-refractivity contribution in [3.05, 3.63) is 34.6 Å². The van der Waals surface area contributed by atoms with Crippen molar-refractivity contribution in [1.82, 2.24) is 0 Å². The molecule has 1 heterocycles. The summed E-state index contributed by atoms with van der Waals surface area (Å²) in [6.07, 6.45) is 26.1. The molecule has 1 unspecified atom stereocenters. The number of aryl methyl sites for hydroxylation is 2. The van der Waals surface area contributed by atoms with Gasteiger partial charge in [0.25, 0.3) is 0 Å². The van der Waals surface area contributed by atoms with Crippen LogP contribution in [0.4, 0.5) is 4.39 Å². The van der Waals surface area contributed by atoms with Gasteiger partial charge in [-0.1, -0.05) is 90.0 Å². The van der Waals surface area contributed by atoms with Crippen LogP contribution in [0.2, 0.25) is 0 Å². The summed E-state index contributed by atoms with van der Waals surface area (Å²) in [5.74, 6) is 5.94. The van der Waals surface area contributed by atoms with Crippen molar-refractivity contribution in [1.29, 1.82) is 0 Å². The quantitative estimate of drug-likeness (QED) is 0.293. The average molecular weight is 497 g/mol. The predicted molar refractivity (Wildman–Crippen MR) is 149 cm³/mol. The van der Waals surface area contributed by atoms with Gasteiger partial charge in [0.15, 0.2) is 0 Å². The van der Waals surface area contributed by atoms with E-state index in [1.165, 1.54) is 120 Å². The maximum Gasteiger partial charge on any atom is 0.129 e. The Labute approximate surface area is 221 Å². The van der Waals surface area contributed by atoms with Crippen molar-refractivity contribution in [3.63, 3.8) is 0 Å². The van der Waals surface area contributed by atoms with Crippen LogP contribution in [0.3, 0.4) is 0 Å². The summed E-state index contributed by atoms with van der Waals surface area (Å²) in [7, 11) is 0. The molecule has 1 nitrogen and oxygen atoms in total. The van der Waals surface area contributed by atoms with Crippen molar-refractivity contribution >= 4 is 0 Å². The van der Waals surface area contributed by atoms with Gasteiger partial charge in [0.2, 0.25) is 0 Å². The average Bonchev–Trinajstić information content (AvgIpc) is 3.75. The Hall–Kier alpha value is -0.890. The van der Waals surface area contributed by atoms with Crippen LogP contribution in [0.1, 0.15) is 139 Å². The maximum atomic E-state index is 14.5. The van der Waals surface area contributed by atoms with E-state index in [2.05, 4.69) is 13.8 Å². The lowest BCUT2D eigenvalue weighted by atomic mass is 9.67. The highest BCUT2D eigenvalue weighted by molar-refractivity contribution is 5.35. The van der Waals surface area contributed by atoms with Gasteiger partial charge in [-0.15, -0.1) is 0 Å². The molecule has 202 valence electrons. The number of benzene rings is 1. The summed E-state index contributed by atoms with van der Waals surface area (Å²) in [5, 5.41) is 0. The molecule has 2 heteroatoms. The van der Waals surface area contributed by atoms with Crippen molar-refractivity contribution in [2.75, 3.05) is 6.61 Å². The lowest BCUT2D eigenvalue weighted by Gasteiger charge is -2.38. The molecule has 1 aromatic carbocycles. The SMILES string of the molecule is CCCC1CCC(CCC2CCC(C3CCC(CCc4cc(F)c(C5CO5)cc4C)CC3)CC2)CC1. The van der Waals surface area contributed by atoms with Crippen molar-refractivity contribution in [3.8, 4) is 0 Å². The molecule has 36 heavy (non-hydrogen) atoms. The first-order chi connectivity index (χ1) is 17.6. The highest BCUT2D eigenvalue weighted by Crippen LogP contribution is 2.44. The summed E-state index contributed by atoms with van der Waals surface area (Å²) in [6.45, 7) is 5.18. The third-order valence-corrected chi connectivity index (χ3v) is 11.1. The van der Waals surface area contributed by atoms with Gasteiger partial charge < -0.3 is 4.74 Å². The molecular formula is C34H53FO. The normalized spacial score (nSPS) is 35.0. The van der Waals surface area contributed by atoms with Gasteiger partial charge in [-0.05, 0) is 98.1 Å². The highest BCUT2D eigenvalue weighted by atomic mass is 19.1. The summed E-state index contributed by atoms with van der Waals surface area (Å²) in [5.41, 5.74) is 3.23. The molecule has 0 N–H and O–H groups in total. The second kappa shape index (κ2) is 12.8. The topological polar surface area (TPSA) is 12.5 Å². The standard InChI is InChI=1S/C34H53FO/c1-3-4-25-5-7-26(8-6-25)9-10-27-11-16-29(17-12-27)30-18-13-28(14-19-30)15-20-31-22-33(35)32(21-24(31)2)34-23-36-34/h21-22,25-30,34H,3-20,23H2,1-2H3. The van der Waals surface area contributed by atoms with Crippen LogP contribution in [-0.4, -0.2) is 6.61 Å². The molecule has 0 spiro atoms. The summed E-state index contributed by atoms with van der Waals surface area (Å²) in [6, 6.07) is 3.83. The molecule has 3 aliphatic carbocycles. The smallest absolute Gasteiger partial charge is 0.129 e. The second-order valence-electron chi connectivity index (χ2n) is 13.5. The Balaban J connectivity index is 0.968. The van der Waals surface area contributed by atoms with E-state index in [4.69, 9.17) is 4.74 Å². The van der Waals surface area contributed by atoms with Crippen LogP contribution in [-0.2, 0) is 11.2 Å². The van der Waals surface area contributed by atoms with Gasteiger partial charge in [0.05, 0.1) is 6.61 Å². The van der Waals surface area contributed by atoms with Crippen molar-refractivity contribution in [2.45, 2.75) is 136 Å². The lowest BCUT2D eigenvalue weighted by molar-refractivity contribution is 0.136. The molecule has 3 saturated carbocycles. The molecule has 1 aliphatic heterocycles. The summed E-state index contributed by atoms with van der Waals surface area (Å²) in [4.78, 5) is 0. The summed E-state index contributed by atoms with van der Waals surface area (Å²) >= 11 is 0. The minimum Gasteiger partial charge on any atom is -0.368 e. The Morgan fingerprint density at radius 3 is 1.67 bits per heavy atom. The van der Waals surface area contributed by atoms with Gasteiger partial charge in [0.1, 0.15) is 11.9 Å². The lowest BCUT2D eigenvalue weighted by Crippen LogP contribution is -2.26. The number of rotatable bonds is 10. The molecular weight excluding hydrogens is 443 g/mol. The third-order valence-electron chi connectivity index (χ3n) is 11.1. The van der Waals surface area contributed by atoms with Gasteiger partial charge in [-0.25, -0.2) is 4.39 Å². The van der Waals surface area contributed by atoms with E-state index in [1.54, 1.807) is 6.07 Å². The van der Waals surface area contributed by atoms with Crippen LogP contribution in [0.15, 0.2) is 12.1 Å². The minimum absolute atomic E-state index is 0.0124. The minimum atomic E-state index is -0.0586. The van der Waals surface area contributed by atoms with Crippen molar-refractivity contribution < 1.29 is 9.13 Å². The Morgan fingerprint density at radius 1 is 0.694 bits per heavy atom. The maximum absolute atomic E-state index is 14.5. The van der Waals surface area contributed by atoms with E-state index in [9.17, 15) is 4.39 Å². The third kappa shape index (κ3) is 7.15. The molecule has 4 fully saturated rings. The molecule has 0 radical (unpaired) electrons. The van der Waals surface area contributed by atoms with Crippen LogP contribution in [0, 0.1) is 48.2 Å². The molecule has 4 aliphatic rings. The van der Waals surface area contributed by atoms with E-state index >= 15 is 0 Å². The number of epoxide rings is 1. The van der Waals surface area contributed by atoms with E-state index in [1.807, 2.05) is 6.07 Å². The number of ether oxygens (including phenoxy) is 1. The van der Waals surface area contributed by atoms with Gasteiger partial charge >= 0.3 is 0 Å². The van der Waals surface area contributed by atoms with Crippen molar-refractivity contribution in [2.24, 2.45) is 35.5 Å². The zero-order chi connectivity index (χ0) is 24.9. The van der Waals surface area contributed by atoms with E-state index < -0.39 is 0 Å². The molecule has 0 amide bonds. The van der Waals surface area contributed by atoms with Crippen LogP contribution in [0.5, 0.6) is 0 Å². The Bertz CT molecular complexity index is 805. The van der Waals surface area contributed by atoms with Crippen LogP contribution < -0.4 is 0 Å². The van der Waals surface area contributed by atoms with Crippen LogP contribution in [0.25, 0.3) is 0 Å². The summed E-state index contributed by atoms with van der Waals surface area (Å²) < 4.78 is 19.8. The fraction of sp³-hybridized carbons (Fsp3) is 0.824. The zero-order valence-electron chi connectivity index (χ0n) is 23.4. The van der Waals surface area contributed by atoms with Gasteiger partial charge in [-0.3, -0.25) is 0 Å². The number of hydrogen-bond donors (Lipinski definition) is 0. The van der Waals surface area contributed by atoms with Gasteiger partial charge in [0, 0.05) is 5.56 Å². The van der Waals surface area contributed by atoms with E-state index in [0.29, 0.717) is 6.61 Å². The largest absolute Gasteiger partial charge is 0.368 e. The van der Waals surface area contributed by atoms with E-state index in [0.717, 1.165) is 47.5 Å². The second-order valence-corrected chi connectivity index (χ2v) is 13.5. The molecule has 1 aromatic rings. The highest BCUT2D eigenvalue weighted by Gasteiger charge is 2.32. The molecule has 5 rings (SSSR count). The van der Waals surface area contributed by atoms with Crippen LogP contribution >= 0.6 is 0 Å². The fourth-order valence-corrected chi connectivity index (χ4v) is 8.43. The van der Waals surface area contributed by atoms with Gasteiger partial charge in [-0.2, -0.15) is 0 Å². The first-order valence-electron chi connectivity index (χ1n) is 16.0.